The second-order valence-corrected chi connectivity index (χ2v) is 24.0. The van der Waals surface area contributed by atoms with Crippen LogP contribution in [0.4, 0.5) is 0 Å². The van der Waals surface area contributed by atoms with Gasteiger partial charge in [-0.05, 0) is 105 Å². The Labute approximate surface area is 379 Å². The zero-order valence-corrected chi connectivity index (χ0v) is 40.2. The van der Waals surface area contributed by atoms with E-state index in [1.807, 2.05) is 0 Å². The summed E-state index contributed by atoms with van der Waals surface area (Å²) in [6, 6.07) is 0. The number of rotatable bonds is 17. The van der Waals surface area contributed by atoms with Gasteiger partial charge in [0.2, 0.25) is 10.0 Å². The highest BCUT2D eigenvalue weighted by Crippen LogP contribution is 2.45. The van der Waals surface area contributed by atoms with Crippen molar-refractivity contribution in [3.05, 3.63) is 0 Å². The van der Waals surface area contributed by atoms with E-state index in [-0.39, 0.29) is 5.75 Å². The lowest BCUT2D eigenvalue weighted by Crippen LogP contribution is -2.61. The summed E-state index contributed by atoms with van der Waals surface area (Å²) in [6.45, 7) is 2.27. The largest absolute Gasteiger partial charge is 0.286 e. The number of nitrogens with two attached hydrogens (primary N) is 1. The van der Waals surface area contributed by atoms with Crippen LogP contribution in [0.5, 0.6) is 0 Å². The highest BCUT2D eigenvalue weighted by atomic mass is 32.2. The molecular weight excluding hydrogens is 791 g/mol. The molecule has 0 aromatic heterocycles. The zero-order valence-electron chi connectivity index (χ0n) is 39.4. The summed E-state index contributed by atoms with van der Waals surface area (Å²) in [5.41, 5.74) is 0. The van der Waals surface area contributed by atoms with Gasteiger partial charge >= 0.3 is 0 Å². The van der Waals surface area contributed by atoms with Crippen LogP contribution in [0.25, 0.3) is 0 Å². The van der Waals surface area contributed by atoms with Crippen molar-refractivity contribution in [2.75, 3.05) is 5.75 Å². The third kappa shape index (κ3) is 12.8. The van der Waals surface area contributed by atoms with E-state index in [1.165, 1.54) is 186 Å². The summed E-state index contributed by atoms with van der Waals surface area (Å²) in [4.78, 5) is 0. The molecule has 12 heteroatoms. The van der Waals surface area contributed by atoms with Gasteiger partial charge in [-0.1, -0.05) is 155 Å². The molecular formula is C50H95N9O2S. The second-order valence-electron chi connectivity index (χ2n) is 22.3. The number of nitrogens with one attached hydrogen (secondary N) is 8. The van der Waals surface area contributed by atoms with Crippen LogP contribution in [0.1, 0.15) is 212 Å². The molecule has 10 N–H and O–H groups in total. The number of hydrogen-bond acceptors (Lipinski definition) is 10. The summed E-state index contributed by atoms with van der Waals surface area (Å²) >= 11 is 0. The number of hydrogen-bond donors (Lipinski definition) is 9. The van der Waals surface area contributed by atoms with Crippen LogP contribution < -0.4 is 47.7 Å². The molecule has 358 valence electrons. The van der Waals surface area contributed by atoms with Crippen LogP contribution in [0.15, 0.2) is 0 Å². The first-order valence-electron chi connectivity index (χ1n) is 27.4. The normalized spacial score (nSPS) is 41.4. The summed E-state index contributed by atoms with van der Waals surface area (Å²) < 4.78 is 21.5. The minimum atomic E-state index is -3.24. The fourth-order valence-electron chi connectivity index (χ4n) is 14.8. The maximum absolute atomic E-state index is 10.8. The van der Waals surface area contributed by atoms with Crippen LogP contribution in [-0.2, 0) is 10.0 Å². The molecule has 8 bridgehead atoms. The predicted molar refractivity (Wildman–Crippen MR) is 255 cm³/mol. The first-order chi connectivity index (χ1) is 30.4. The minimum Gasteiger partial charge on any atom is -0.286 e. The molecule has 9 rings (SSSR count). The number of fused-ring (bicyclic) bond motifs is 20. The summed E-state index contributed by atoms with van der Waals surface area (Å²) in [7, 11) is -3.24. The fourth-order valence-corrected chi connectivity index (χ4v) is 15.4. The number of unbranched alkanes of at least 4 members (excludes halogenated alkanes) is 15. The molecule has 8 atom stereocenters. The Hall–Kier alpha value is -0.410. The van der Waals surface area contributed by atoms with Crippen molar-refractivity contribution in [3.8, 4) is 0 Å². The van der Waals surface area contributed by atoms with Gasteiger partial charge in [-0.2, -0.15) is 0 Å². The second kappa shape index (κ2) is 24.0. The van der Waals surface area contributed by atoms with Crippen molar-refractivity contribution in [1.82, 2.24) is 42.5 Å². The van der Waals surface area contributed by atoms with Gasteiger partial charge in [0.1, 0.15) is 0 Å². The standard InChI is InChI=1S/C32H56N8.C18H39NO2S/c1-2-10-18-17(9-1)25-33-26(18)38-28-21-13-5-6-14-22(21)30(35-28)40-32-24-16-8-7-15-23(24)31(36-32)39-29-20-12-4-3-11-19(20)27(34-29)37-25;1-2-3-4-5-6-7-8-9-10-11-12-13-14-15-16-17-18-22(19,20)21/h17-40H,1-16H2;2-18H2,1H3,(H2,19,20,21). The SMILES string of the molecule is C1CCC2C3NC(NC4NC(NC5NC(NC6NC(N3)C3CCCCC63)C3CCCCC53)C3CCCCC43)C2C1.CCCCCCCCCCCCCCCCCCS(N)(=O)=O. The molecule has 0 amide bonds. The lowest BCUT2D eigenvalue weighted by Gasteiger charge is -2.35. The Kier molecular flexibility index (Phi) is 18.6. The maximum Gasteiger partial charge on any atom is 0.209 e. The van der Waals surface area contributed by atoms with E-state index < -0.39 is 10.0 Å². The summed E-state index contributed by atoms with van der Waals surface area (Å²) in [6.07, 6.45) is 46.3. The molecule has 0 aromatic rings. The van der Waals surface area contributed by atoms with Crippen molar-refractivity contribution >= 4 is 10.0 Å². The van der Waals surface area contributed by atoms with Gasteiger partial charge in [0, 0.05) is 0 Å². The molecule has 11 nitrogen and oxygen atoms in total. The molecule has 62 heavy (non-hydrogen) atoms. The maximum atomic E-state index is 10.8. The Morgan fingerprint density at radius 3 is 0.677 bits per heavy atom. The van der Waals surface area contributed by atoms with Crippen molar-refractivity contribution < 1.29 is 8.42 Å². The van der Waals surface area contributed by atoms with E-state index in [1.54, 1.807) is 0 Å². The lowest BCUT2D eigenvalue weighted by atomic mass is 9.76. The van der Waals surface area contributed by atoms with E-state index >= 15 is 0 Å². The molecule has 5 saturated heterocycles. The van der Waals surface area contributed by atoms with Crippen LogP contribution in [-0.4, -0.2) is 63.5 Å². The van der Waals surface area contributed by atoms with Crippen molar-refractivity contribution in [3.63, 3.8) is 0 Å². The molecule has 8 unspecified atom stereocenters. The van der Waals surface area contributed by atoms with Gasteiger partial charge in [0.05, 0.1) is 55.1 Å². The zero-order chi connectivity index (χ0) is 42.7. The molecule has 9 fully saturated rings. The van der Waals surface area contributed by atoms with E-state index in [9.17, 15) is 8.42 Å². The van der Waals surface area contributed by atoms with E-state index in [4.69, 9.17) is 5.14 Å². The van der Waals surface area contributed by atoms with Gasteiger partial charge in [-0.15, -0.1) is 0 Å². The van der Waals surface area contributed by atoms with Gasteiger partial charge in [-0.25, -0.2) is 13.6 Å². The number of sulfonamides is 1. The Morgan fingerprint density at radius 2 is 0.500 bits per heavy atom. The molecule has 0 aromatic carbocycles. The van der Waals surface area contributed by atoms with Gasteiger partial charge in [-0.3, -0.25) is 42.5 Å². The molecule has 4 saturated carbocycles. The third-order valence-electron chi connectivity index (χ3n) is 18.1. The van der Waals surface area contributed by atoms with E-state index in [0.29, 0.717) is 49.3 Å². The smallest absolute Gasteiger partial charge is 0.209 e. The molecule has 5 heterocycles. The quantitative estimate of drug-likeness (QED) is 0.0654. The van der Waals surface area contributed by atoms with Crippen molar-refractivity contribution in [1.29, 1.82) is 0 Å². The highest BCUT2D eigenvalue weighted by molar-refractivity contribution is 7.89. The Balaban J connectivity index is 0.000000208. The number of primary sulfonamides is 1. The van der Waals surface area contributed by atoms with Crippen LogP contribution in [0, 0.1) is 47.3 Å². The van der Waals surface area contributed by atoms with Crippen LogP contribution in [0.3, 0.4) is 0 Å². The average Bonchev–Trinajstić information content (AvgIpc) is 4.02. The van der Waals surface area contributed by atoms with E-state index in [0.717, 1.165) is 66.6 Å². The van der Waals surface area contributed by atoms with E-state index in [2.05, 4.69) is 49.5 Å². The first kappa shape index (κ1) is 48.1. The topological polar surface area (TPSA) is 156 Å². The summed E-state index contributed by atoms with van der Waals surface area (Å²) in [5, 5.41) is 38.8. The molecule has 9 aliphatic rings. The van der Waals surface area contributed by atoms with Crippen LogP contribution in [0.2, 0.25) is 0 Å². The van der Waals surface area contributed by atoms with Gasteiger partial charge in [0.25, 0.3) is 0 Å². The molecule has 5 aliphatic heterocycles. The highest BCUT2D eigenvalue weighted by Gasteiger charge is 2.54. The molecule has 0 radical (unpaired) electrons. The van der Waals surface area contributed by atoms with Gasteiger partial charge < -0.3 is 0 Å². The van der Waals surface area contributed by atoms with Gasteiger partial charge in [0.15, 0.2) is 0 Å². The lowest BCUT2D eigenvalue weighted by molar-refractivity contribution is 0.167. The average molecular weight is 886 g/mol. The first-order valence-corrected chi connectivity index (χ1v) is 29.2. The molecule has 0 spiro atoms. The minimum absolute atomic E-state index is 0.144. The van der Waals surface area contributed by atoms with Crippen molar-refractivity contribution in [2.24, 2.45) is 52.5 Å². The summed E-state index contributed by atoms with van der Waals surface area (Å²) in [5.74, 6) is 6.11. The Bertz CT molecular complexity index is 1220. The fraction of sp³-hybridized carbons (Fsp3) is 1.00. The van der Waals surface area contributed by atoms with Crippen LogP contribution >= 0.6 is 0 Å². The molecule has 4 aliphatic carbocycles. The third-order valence-corrected chi connectivity index (χ3v) is 18.9. The predicted octanol–water partition coefficient (Wildman–Crippen LogP) is 8.14. The van der Waals surface area contributed by atoms with Crippen molar-refractivity contribution in [2.45, 2.75) is 262 Å². The monoisotopic (exact) mass is 886 g/mol. The Morgan fingerprint density at radius 1 is 0.323 bits per heavy atom.